The Hall–Kier alpha value is -2.82. The molecule has 1 fully saturated rings. The van der Waals surface area contributed by atoms with Crippen LogP contribution in [0.1, 0.15) is 42.5 Å². The molecule has 2 atom stereocenters. The van der Waals surface area contributed by atoms with Crippen molar-refractivity contribution in [3.8, 4) is 0 Å². The maximum absolute atomic E-state index is 12.5. The average molecular weight is 337 g/mol. The molecule has 1 aliphatic carbocycles. The van der Waals surface area contributed by atoms with Crippen LogP contribution in [0.5, 0.6) is 0 Å². The molecular formula is C20H23N3O2. The molecule has 0 bridgehead atoms. The van der Waals surface area contributed by atoms with Crippen LogP contribution in [0.4, 0.5) is 4.79 Å². The lowest BCUT2D eigenvalue weighted by molar-refractivity contribution is -0.119. The van der Waals surface area contributed by atoms with Gasteiger partial charge in [-0.15, -0.1) is 0 Å². The third-order valence-electron chi connectivity index (χ3n) is 4.76. The minimum atomic E-state index is -0.848. The molecule has 0 aromatic heterocycles. The van der Waals surface area contributed by atoms with Gasteiger partial charge in [0.15, 0.2) is 0 Å². The Morgan fingerprint density at radius 2 is 1.44 bits per heavy atom. The molecule has 3 rings (SSSR count). The van der Waals surface area contributed by atoms with E-state index in [4.69, 9.17) is 5.73 Å². The van der Waals surface area contributed by atoms with Gasteiger partial charge < -0.3 is 16.4 Å². The summed E-state index contributed by atoms with van der Waals surface area (Å²) < 4.78 is 0. The highest BCUT2D eigenvalue weighted by Crippen LogP contribution is 2.37. The monoisotopic (exact) mass is 337 g/mol. The lowest BCUT2D eigenvalue weighted by Gasteiger charge is -2.35. The second-order valence-electron chi connectivity index (χ2n) is 6.44. The first-order valence-electron chi connectivity index (χ1n) is 8.61. The molecule has 4 N–H and O–H groups in total. The molecule has 5 nitrogen and oxygen atoms in total. The van der Waals surface area contributed by atoms with Crippen LogP contribution in [0.3, 0.4) is 0 Å². The van der Waals surface area contributed by atoms with Crippen molar-refractivity contribution >= 4 is 11.9 Å². The Morgan fingerprint density at radius 1 is 0.880 bits per heavy atom. The van der Waals surface area contributed by atoms with Crippen molar-refractivity contribution in [1.29, 1.82) is 0 Å². The van der Waals surface area contributed by atoms with E-state index in [1.165, 1.54) is 6.42 Å². The van der Waals surface area contributed by atoms with E-state index in [-0.39, 0.29) is 12.1 Å². The molecule has 3 amide bonds. The van der Waals surface area contributed by atoms with Gasteiger partial charge in [0, 0.05) is 0 Å². The highest BCUT2D eigenvalue weighted by molar-refractivity contribution is 5.87. The van der Waals surface area contributed by atoms with Crippen LogP contribution in [0.15, 0.2) is 60.7 Å². The zero-order valence-corrected chi connectivity index (χ0v) is 14.0. The number of rotatable bonds is 6. The Bertz CT molecular complexity index is 714. The lowest BCUT2D eigenvalue weighted by Crippen LogP contribution is -2.46. The highest BCUT2D eigenvalue weighted by Gasteiger charge is 2.30. The molecule has 25 heavy (non-hydrogen) atoms. The van der Waals surface area contributed by atoms with Gasteiger partial charge in [-0.2, -0.15) is 0 Å². The van der Waals surface area contributed by atoms with Gasteiger partial charge >= 0.3 is 6.03 Å². The van der Waals surface area contributed by atoms with E-state index < -0.39 is 11.9 Å². The number of carbonyl (C=O) groups is 2. The number of carbonyl (C=O) groups excluding carboxylic acids is 2. The van der Waals surface area contributed by atoms with Crippen LogP contribution < -0.4 is 16.4 Å². The summed E-state index contributed by atoms with van der Waals surface area (Å²) in [7, 11) is 0. The van der Waals surface area contributed by atoms with Gasteiger partial charge in [0.1, 0.15) is 6.04 Å². The van der Waals surface area contributed by atoms with Gasteiger partial charge in [-0.05, 0) is 29.9 Å². The van der Waals surface area contributed by atoms with E-state index in [1.54, 1.807) is 12.1 Å². The molecule has 2 aromatic carbocycles. The van der Waals surface area contributed by atoms with Gasteiger partial charge in [0.05, 0.1) is 6.04 Å². The molecule has 2 unspecified atom stereocenters. The van der Waals surface area contributed by atoms with Gasteiger partial charge in [0.25, 0.3) is 0 Å². The largest absolute Gasteiger partial charge is 0.368 e. The average Bonchev–Trinajstić information content (AvgIpc) is 2.59. The lowest BCUT2D eigenvalue weighted by atomic mass is 9.77. The maximum Gasteiger partial charge on any atom is 0.316 e. The number of amides is 3. The van der Waals surface area contributed by atoms with Gasteiger partial charge in [-0.1, -0.05) is 67.1 Å². The summed E-state index contributed by atoms with van der Waals surface area (Å²) in [4.78, 5) is 24.3. The third kappa shape index (κ3) is 4.18. The second kappa shape index (κ2) is 7.83. The van der Waals surface area contributed by atoms with Crippen LogP contribution in [0, 0.1) is 5.92 Å². The Morgan fingerprint density at radius 3 is 1.92 bits per heavy atom. The van der Waals surface area contributed by atoms with Crippen molar-refractivity contribution in [3.63, 3.8) is 0 Å². The summed E-state index contributed by atoms with van der Waals surface area (Å²) in [6, 6.07) is 17.7. The van der Waals surface area contributed by atoms with Crippen LogP contribution in [-0.2, 0) is 4.79 Å². The van der Waals surface area contributed by atoms with E-state index in [0.29, 0.717) is 11.5 Å². The van der Waals surface area contributed by atoms with E-state index in [0.717, 1.165) is 18.4 Å². The number of hydrogen-bond donors (Lipinski definition) is 3. The third-order valence-corrected chi connectivity index (χ3v) is 4.76. The highest BCUT2D eigenvalue weighted by atomic mass is 16.2. The topological polar surface area (TPSA) is 84.2 Å². The van der Waals surface area contributed by atoms with E-state index >= 15 is 0 Å². The zero-order valence-electron chi connectivity index (χ0n) is 14.0. The van der Waals surface area contributed by atoms with Crippen LogP contribution in [0.25, 0.3) is 0 Å². The Kier molecular flexibility index (Phi) is 5.33. The predicted octanol–water partition coefficient (Wildman–Crippen LogP) is 3.05. The first-order valence-corrected chi connectivity index (χ1v) is 8.61. The van der Waals surface area contributed by atoms with Crippen LogP contribution >= 0.6 is 0 Å². The Balaban J connectivity index is 1.71. The van der Waals surface area contributed by atoms with E-state index in [2.05, 4.69) is 10.6 Å². The normalized spacial score (nSPS) is 16.3. The fraction of sp³-hybridized carbons (Fsp3) is 0.300. The summed E-state index contributed by atoms with van der Waals surface area (Å²) in [6.07, 6.45) is 3.38. The summed E-state index contributed by atoms with van der Waals surface area (Å²) in [5.41, 5.74) is 7.23. The molecule has 1 saturated carbocycles. The standard InChI is InChI=1S/C20H23N3O2/c21-19(24)18(16-10-5-2-6-11-16)23-20(25)22-17(15-12-7-13-15)14-8-3-1-4-9-14/h1-6,8-11,15,17-18H,7,12-13H2,(H2,21,24)(H2,22,23,25). The Labute approximate surface area is 147 Å². The number of nitrogens with one attached hydrogen (secondary N) is 2. The minimum Gasteiger partial charge on any atom is -0.368 e. The SMILES string of the molecule is NC(=O)C(NC(=O)NC(c1ccccc1)C1CCC1)c1ccccc1. The number of primary amides is 1. The van der Waals surface area contributed by atoms with Crippen LogP contribution in [-0.4, -0.2) is 11.9 Å². The summed E-state index contributed by atoms with van der Waals surface area (Å²) in [5.74, 6) is -0.154. The van der Waals surface area contributed by atoms with Crippen molar-refractivity contribution in [2.24, 2.45) is 11.7 Å². The van der Waals surface area contributed by atoms with Gasteiger partial charge in [-0.25, -0.2) is 4.79 Å². The second-order valence-corrected chi connectivity index (χ2v) is 6.44. The fourth-order valence-electron chi connectivity index (χ4n) is 3.19. The fourth-order valence-corrected chi connectivity index (χ4v) is 3.19. The van der Waals surface area contributed by atoms with Crippen molar-refractivity contribution in [3.05, 3.63) is 71.8 Å². The molecule has 1 aliphatic rings. The number of urea groups is 1. The molecule has 0 spiro atoms. The molecule has 0 radical (unpaired) electrons. The van der Waals surface area contributed by atoms with Crippen molar-refractivity contribution in [2.45, 2.75) is 31.3 Å². The summed E-state index contributed by atoms with van der Waals surface area (Å²) in [6.45, 7) is 0. The molecule has 5 heteroatoms. The van der Waals surface area contributed by atoms with Crippen molar-refractivity contribution < 1.29 is 9.59 Å². The molecular weight excluding hydrogens is 314 g/mol. The minimum absolute atomic E-state index is 0.0563. The predicted molar refractivity (Wildman–Crippen MR) is 96.6 cm³/mol. The van der Waals surface area contributed by atoms with Crippen LogP contribution in [0.2, 0.25) is 0 Å². The maximum atomic E-state index is 12.5. The van der Waals surface area contributed by atoms with Crippen molar-refractivity contribution in [2.75, 3.05) is 0 Å². The molecule has 0 saturated heterocycles. The molecule has 130 valence electrons. The summed E-state index contributed by atoms with van der Waals surface area (Å²) >= 11 is 0. The van der Waals surface area contributed by atoms with Gasteiger partial charge in [0.2, 0.25) is 5.91 Å². The molecule has 0 aliphatic heterocycles. The van der Waals surface area contributed by atoms with Crippen molar-refractivity contribution in [1.82, 2.24) is 10.6 Å². The van der Waals surface area contributed by atoms with E-state index in [9.17, 15) is 9.59 Å². The first kappa shape index (κ1) is 17.0. The zero-order chi connectivity index (χ0) is 17.6. The van der Waals surface area contributed by atoms with E-state index in [1.807, 2.05) is 48.5 Å². The quantitative estimate of drug-likeness (QED) is 0.757. The number of benzene rings is 2. The van der Waals surface area contributed by atoms with Gasteiger partial charge in [-0.3, -0.25) is 4.79 Å². The smallest absolute Gasteiger partial charge is 0.316 e. The number of hydrogen-bond acceptors (Lipinski definition) is 2. The first-order chi connectivity index (χ1) is 12.1. The molecule has 2 aromatic rings. The molecule has 0 heterocycles. The number of nitrogens with two attached hydrogens (primary N) is 1. The summed E-state index contributed by atoms with van der Waals surface area (Å²) in [5, 5.41) is 5.74.